The van der Waals surface area contributed by atoms with Gasteiger partial charge >= 0.3 is 6.03 Å². The SMILES string of the molecule is COc1ccccc1CN(CCCN1CCCCC1C)C(=O)Nc1ccccc1OC. The molecule has 0 radical (unpaired) electrons. The van der Waals surface area contributed by atoms with Crippen molar-refractivity contribution in [2.75, 3.05) is 39.2 Å². The Morgan fingerprint density at radius 1 is 1.06 bits per heavy atom. The molecule has 1 unspecified atom stereocenters. The molecule has 1 saturated heterocycles. The number of nitrogens with one attached hydrogen (secondary N) is 1. The van der Waals surface area contributed by atoms with Crippen LogP contribution in [0.4, 0.5) is 10.5 Å². The average molecular weight is 426 g/mol. The van der Waals surface area contributed by atoms with Crippen molar-refractivity contribution < 1.29 is 14.3 Å². The van der Waals surface area contributed by atoms with Gasteiger partial charge in [0.2, 0.25) is 0 Å². The monoisotopic (exact) mass is 425 g/mol. The van der Waals surface area contributed by atoms with Gasteiger partial charge in [-0.2, -0.15) is 0 Å². The first-order valence-electron chi connectivity index (χ1n) is 11.2. The molecule has 6 nitrogen and oxygen atoms in total. The molecule has 31 heavy (non-hydrogen) atoms. The zero-order valence-corrected chi connectivity index (χ0v) is 19.0. The first-order valence-corrected chi connectivity index (χ1v) is 11.2. The molecule has 168 valence electrons. The van der Waals surface area contributed by atoms with Crippen LogP contribution in [0.15, 0.2) is 48.5 Å². The van der Waals surface area contributed by atoms with Gasteiger partial charge in [-0.25, -0.2) is 4.79 Å². The molecule has 6 heteroatoms. The normalized spacial score (nSPS) is 16.5. The van der Waals surface area contributed by atoms with Crippen molar-refractivity contribution in [3.05, 3.63) is 54.1 Å². The maximum Gasteiger partial charge on any atom is 0.322 e. The molecule has 0 aliphatic carbocycles. The smallest absolute Gasteiger partial charge is 0.322 e. The van der Waals surface area contributed by atoms with Crippen molar-refractivity contribution in [3.8, 4) is 11.5 Å². The number of rotatable bonds is 9. The second kappa shape index (κ2) is 11.6. The molecule has 3 rings (SSSR count). The lowest BCUT2D eigenvalue weighted by molar-refractivity contribution is 0.150. The first-order chi connectivity index (χ1) is 15.1. The van der Waals surface area contributed by atoms with E-state index in [-0.39, 0.29) is 6.03 Å². The Morgan fingerprint density at radius 2 is 1.77 bits per heavy atom. The number of hydrogen-bond donors (Lipinski definition) is 1. The van der Waals surface area contributed by atoms with E-state index >= 15 is 0 Å². The van der Waals surface area contributed by atoms with E-state index < -0.39 is 0 Å². The number of ether oxygens (including phenoxy) is 2. The van der Waals surface area contributed by atoms with Crippen LogP contribution < -0.4 is 14.8 Å². The number of benzene rings is 2. The highest BCUT2D eigenvalue weighted by Gasteiger charge is 2.20. The molecule has 1 aliphatic heterocycles. The third kappa shape index (κ3) is 6.37. The Morgan fingerprint density at radius 3 is 2.52 bits per heavy atom. The lowest BCUT2D eigenvalue weighted by Gasteiger charge is -2.34. The van der Waals surface area contributed by atoms with E-state index in [1.165, 1.54) is 19.3 Å². The summed E-state index contributed by atoms with van der Waals surface area (Å²) in [5.74, 6) is 1.44. The number of anilines is 1. The van der Waals surface area contributed by atoms with Gasteiger partial charge in [-0.05, 0) is 50.9 Å². The largest absolute Gasteiger partial charge is 0.496 e. The number of urea groups is 1. The van der Waals surface area contributed by atoms with E-state index in [2.05, 4.69) is 17.1 Å². The summed E-state index contributed by atoms with van der Waals surface area (Å²) in [6, 6.07) is 15.8. The van der Waals surface area contributed by atoms with Gasteiger partial charge < -0.3 is 24.6 Å². The minimum absolute atomic E-state index is 0.137. The van der Waals surface area contributed by atoms with Crippen molar-refractivity contribution in [2.45, 2.75) is 45.2 Å². The quantitative estimate of drug-likeness (QED) is 0.614. The van der Waals surface area contributed by atoms with Crippen LogP contribution >= 0.6 is 0 Å². The number of amides is 2. The molecular weight excluding hydrogens is 390 g/mol. The van der Waals surface area contributed by atoms with E-state index in [1.54, 1.807) is 14.2 Å². The van der Waals surface area contributed by atoms with Gasteiger partial charge in [0.25, 0.3) is 0 Å². The Labute approximate surface area is 186 Å². The van der Waals surface area contributed by atoms with Crippen LogP contribution in [0.1, 0.15) is 38.2 Å². The maximum atomic E-state index is 13.2. The molecule has 0 aromatic heterocycles. The van der Waals surface area contributed by atoms with Crippen molar-refractivity contribution in [2.24, 2.45) is 0 Å². The zero-order valence-electron chi connectivity index (χ0n) is 19.0. The van der Waals surface area contributed by atoms with Crippen LogP contribution in [-0.2, 0) is 6.54 Å². The highest BCUT2D eigenvalue weighted by Crippen LogP contribution is 2.25. The highest BCUT2D eigenvalue weighted by molar-refractivity contribution is 5.91. The third-order valence-electron chi connectivity index (χ3n) is 6.00. The van der Waals surface area contributed by atoms with Crippen LogP contribution in [0, 0.1) is 0 Å². The van der Waals surface area contributed by atoms with Crippen molar-refractivity contribution >= 4 is 11.7 Å². The van der Waals surface area contributed by atoms with Crippen LogP contribution in [0.25, 0.3) is 0 Å². The van der Waals surface area contributed by atoms with Crippen LogP contribution in [0.2, 0.25) is 0 Å². The number of nitrogens with zero attached hydrogens (tertiary/aromatic N) is 2. The summed E-state index contributed by atoms with van der Waals surface area (Å²) in [6.45, 7) is 5.62. The number of hydrogen-bond acceptors (Lipinski definition) is 4. The molecule has 2 amide bonds. The zero-order chi connectivity index (χ0) is 22.1. The molecule has 2 aromatic carbocycles. The summed E-state index contributed by atoms with van der Waals surface area (Å²) < 4.78 is 10.9. The van der Waals surface area contributed by atoms with Gasteiger partial charge in [-0.3, -0.25) is 0 Å². The number of methoxy groups -OCH3 is 2. The Kier molecular flexibility index (Phi) is 8.59. The predicted molar refractivity (Wildman–Crippen MR) is 125 cm³/mol. The molecule has 1 aliphatic rings. The van der Waals surface area contributed by atoms with Gasteiger partial charge in [0.15, 0.2) is 0 Å². The molecule has 1 fully saturated rings. The summed E-state index contributed by atoms with van der Waals surface area (Å²) in [5, 5.41) is 3.02. The van der Waals surface area contributed by atoms with Gasteiger partial charge in [-0.1, -0.05) is 36.8 Å². The fourth-order valence-corrected chi connectivity index (χ4v) is 4.19. The minimum Gasteiger partial charge on any atom is -0.496 e. The molecule has 0 spiro atoms. The number of piperidine rings is 1. The first kappa shape index (κ1) is 22.9. The van der Waals surface area contributed by atoms with E-state index in [9.17, 15) is 4.79 Å². The molecule has 2 aromatic rings. The fourth-order valence-electron chi connectivity index (χ4n) is 4.19. The lowest BCUT2D eigenvalue weighted by atomic mass is 10.0. The highest BCUT2D eigenvalue weighted by atomic mass is 16.5. The van der Waals surface area contributed by atoms with E-state index in [1.807, 2.05) is 53.4 Å². The van der Waals surface area contributed by atoms with Gasteiger partial charge in [0, 0.05) is 24.7 Å². The third-order valence-corrected chi connectivity index (χ3v) is 6.00. The summed E-state index contributed by atoms with van der Waals surface area (Å²) in [5.41, 5.74) is 1.66. The summed E-state index contributed by atoms with van der Waals surface area (Å²) in [6.07, 6.45) is 4.78. The summed E-state index contributed by atoms with van der Waals surface area (Å²) in [4.78, 5) is 17.6. The molecule has 1 atom stereocenters. The van der Waals surface area contributed by atoms with E-state index in [0.29, 0.717) is 30.6 Å². The van der Waals surface area contributed by atoms with Crippen LogP contribution in [0.3, 0.4) is 0 Å². The molecule has 1 heterocycles. The van der Waals surface area contributed by atoms with Gasteiger partial charge in [0.05, 0.1) is 26.5 Å². The predicted octanol–water partition coefficient (Wildman–Crippen LogP) is 5.00. The summed E-state index contributed by atoms with van der Waals surface area (Å²) in [7, 11) is 3.27. The van der Waals surface area contributed by atoms with Gasteiger partial charge in [-0.15, -0.1) is 0 Å². The van der Waals surface area contributed by atoms with E-state index in [4.69, 9.17) is 9.47 Å². The molecule has 0 bridgehead atoms. The maximum absolute atomic E-state index is 13.2. The average Bonchev–Trinajstić information content (AvgIpc) is 2.80. The van der Waals surface area contributed by atoms with E-state index in [0.717, 1.165) is 30.8 Å². The topological polar surface area (TPSA) is 54.0 Å². The van der Waals surface area contributed by atoms with Gasteiger partial charge in [0.1, 0.15) is 11.5 Å². The van der Waals surface area contributed by atoms with Crippen LogP contribution in [-0.4, -0.2) is 55.7 Å². The second-order valence-corrected chi connectivity index (χ2v) is 8.10. The van der Waals surface area contributed by atoms with Crippen LogP contribution in [0.5, 0.6) is 11.5 Å². The fraction of sp³-hybridized carbons (Fsp3) is 0.480. The minimum atomic E-state index is -0.137. The Hall–Kier alpha value is -2.73. The number of likely N-dealkylation sites (tertiary alicyclic amines) is 1. The molecule has 1 N–H and O–H groups in total. The van der Waals surface area contributed by atoms with Crippen molar-refractivity contribution in [1.82, 2.24) is 9.80 Å². The number of carbonyl (C=O) groups excluding carboxylic acids is 1. The standard InChI is InChI=1S/C25H35N3O3/c1-20-11-8-9-16-27(20)17-10-18-28(19-21-12-4-6-14-23(21)30-2)25(29)26-22-13-5-7-15-24(22)31-3/h4-7,12-15,20H,8-11,16-19H2,1-3H3,(H,26,29). The summed E-state index contributed by atoms with van der Waals surface area (Å²) >= 11 is 0. The van der Waals surface area contributed by atoms with Crippen molar-refractivity contribution in [1.29, 1.82) is 0 Å². The Balaban J connectivity index is 1.70. The molecule has 0 saturated carbocycles. The lowest BCUT2D eigenvalue weighted by Crippen LogP contribution is -2.40. The number of carbonyl (C=O) groups is 1. The van der Waals surface area contributed by atoms with Crippen molar-refractivity contribution in [3.63, 3.8) is 0 Å². The number of para-hydroxylation sites is 3. The second-order valence-electron chi connectivity index (χ2n) is 8.10. The Bertz CT molecular complexity index is 842. The molecular formula is C25H35N3O3.